The molecule has 5 nitrogen and oxygen atoms in total. The van der Waals surface area contributed by atoms with E-state index in [9.17, 15) is 18.0 Å². The van der Waals surface area contributed by atoms with Gasteiger partial charge in [-0.1, -0.05) is 0 Å². The number of piperidine rings is 1. The van der Waals surface area contributed by atoms with Crippen LogP contribution in [0.1, 0.15) is 28.8 Å². The van der Waals surface area contributed by atoms with Gasteiger partial charge in [0.05, 0.1) is 18.0 Å². The van der Waals surface area contributed by atoms with Crippen molar-refractivity contribution < 1.29 is 22.7 Å². The Bertz CT molecular complexity index is 938. The Labute approximate surface area is 173 Å². The molecule has 1 saturated heterocycles. The maximum absolute atomic E-state index is 12.9. The van der Waals surface area contributed by atoms with Gasteiger partial charge in [-0.2, -0.15) is 13.2 Å². The predicted octanol–water partition coefficient (Wildman–Crippen LogP) is 4.64. The quantitative estimate of drug-likeness (QED) is 0.761. The number of aryl methyl sites for hydroxylation is 1. The van der Waals surface area contributed by atoms with Gasteiger partial charge in [0.2, 0.25) is 0 Å². The van der Waals surface area contributed by atoms with E-state index in [-0.39, 0.29) is 18.7 Å². The van der Waals surface area contributed by atoms with Crippen LogP contribution < -0.4 is 20.3 Å². The minimum atomic E-state index is -4.10. The van der Waals surface area contributed by atoms with Gasteiger partial charge in [-0.25, -0.2) is 0 Å². The van der Waals surface area contributed by atoms with Gasteiger partial charge in [-0.15, -0.1) is 0 Å². The average Bonchev–Trinajstić information content (AvgIpc) is 2.90. The van der Waals surface area contributed by atoms with Gasteiger partial charge in [-0.3, -0.25) is 4.79 Å². The van der Waals surface area contributed by atoms with E-state index in [0.29, 0.717) is 37.6 Å². The summed E-state index contributed by atoms with van der Waals surface area (Å²) in [7, 11) is 0. The van der Waals surface area contributed by atoms with E-state index in [1.54, 1.807) is 12.1 Å². The Morgan fingerprint density at radius 2 is 1.90 bits per heavy atom. The highest BCUT2D eigenvalue weighted by molar-refractivity contribution is 5.97. The number of fused-ring (bicyclic) bond motifs is 1. The molecule has 0 saturated carbocycles. The zero-order valence-corrected chi connectivity index (χ0v) is 16.7. The maximum Gasteiger partial charge on any atom is 0.391 e. The number of hydrogen-bond donors (Lipinski definition) is 2. The highest BCUT2D eigenvalue weighted by atomic mass is 19.4. The number of benzene rings is 2. The van der Waals surface area contributed by atoms with Gasteiger partial charge >= 0.3 is 6.18 Å². The molecule has 2 aromatic carbocycles. The number of ether oxygens (including phenoxy) is 1. The summed E-state index contributed by atoms with van der Waals surface area (Å²) in [6, 6.07) is 11.2. The van der Waals surface area contributed by atoms with Crippen LogP contribution >= 0.6 is 0 Å². The first-order chi connectivity index (χ1) is 14.3. The molecule has 30 heavy (non-hydrogen) atoms. The average molecular weight is 419 g/mol. The zero-order valence-electron chi connectivity index (χ0n) is 16.7. The summed E-state index contributed by atoms with van der Waals surface area (Å²) in [6.07, 6.45) is -3.84. The van der Waals surface area contributed by atoms with Crippen LogP contribution in [0.3, 0.4) is 0 Å². The van der Waals surface area contributed by atoms with Crippen molar-refractivity contribution in [2.24, 2.45) is 5.92 Å². The van der Waals surface area contributed by atoms with Gasteiger partial charge in [0.25, 0.3) is 5.91 Å². The lowest BCUT2D eigenvalue weighted by Gasteiger charge is -2.34. The second kappa shape index (κ2) is 8.08. The molecule has 2 aromatic rings. The fraction of sp³-hybridized carbons (Fsp3) is 0.409. The number of hydrogen-bond acceptors (Lipinski definition) is 4. The van der Waals surface area contributed by atoms with Crippen LogP contribution in [0.5, 0.6) is 5.75 Å². The van der Waals surface area contributed by atoms with Gasteiger partial charge in [0.15, 0.2) is 0 Å². The molecule has 0 radical (unpaired) electrons. The maximum atomic E-state index is 12.9. The summed E-state index contributed by atoms with van der Waals surface area (Å²) >= 11 is 0. The van der Waals surface area contributed by atoms with Crippen molar-refractivity contribution >= 4 is 23.0 Å². The van der Waals surface area contributed by atoms with Crippen molar-refractivity contribution in [3.8, 4) is 5.75 Å². The predicted molar refractivity (Wildman–Crippen MR) is 110 cm³/mol. The second-order valence-electron chi connectivity index (χ2n) is 7.74. The fourth-order valence-corrected chi connectivity index (χ4v) is 3.93. The smallest absolute Gasteiger partial charge is 0.391 e. The van der Waals surface area contributed by atoms with Crippen LogP contribution in [0.15, 0.2) is 36.4 Å². The molecule has 2 heterocycles. The lowest BCUT2D eigenvalue weighted by molar-refractivity contribution is -0.179. The van der Waals surface area contributed by atoms with Crippen LogP contribution in [0, 0.1) is 12.8 Å². The van der Waals surface area contributed by atoms with Crippen molar-refractivity contribution in [2.45, 2.75) is 25.9 Å². The van der Waals surface area contributed by atoms with Gasteiger partial charge in [0, 0.05) is 36.2 Å². The lowest BCUT2D eigenvalue weighted by Crippen LogP contribution is -2.39. The highest BCUT2D eigenvalue weighted by Gasteiger charge is 2.41. The number of rotatable bonds is 3. The lowest BCUT2D eigenvalue weighted by atomic mass is 9.96. The number of halogens is 3. The summed E-state index contributed by atoms with van der Waals surface area (Å²) < 4.78 is 44.3. The topological polar surface area (TPSA) is 53.6 Å². The fourth-order valence-electron chi connectivity index (χ4n) is 3.93. The molecule has 8 heteroatoms. The minimum absolute atomic E-state index is 0.130. The summed E-state index contributed by atoms with van der Waals surface area (Å²) in [6.45, 7) is 3.65. The number of nitrogens with zero attached hydrogens (tertiary/aromatic N) is 1. The zero-order chi connectivity index (χ0) is 21.3. The van der Waals surface area contributed by atoms with E-state index in [0.717, 1.165) is 22.6 Å². The molecule has 0 aliphatic carbocycles. The van der Waals surface area contributed by atoms with E-state index >= 15 is 0 Å². The standard InChI is InChI=1S/C22H24F3N3O2/c1-14-12-17(28-9-6-15(7-10-28)22(23,24)25)3-5-19(14)27-16-2-4-18-20(13-16)30-11-8-26-21(18)29/h2-5,12-13,15,27H,6-11H2,1H3,(H,26,29). The SMILES string of the molecule is Cc1cc(N2CCC(C(F)(F)F)CC2)ccc1Nc1ccc2c(c1)OCCNC2=O. The van der Waals surface area contributed by atoms with E-state index in [2.05, 4.69) is 10.6 Å². The molecule has 0 unspecified atom stereocenters. The van der Waals surface area contributed by atoms with Crippen molar-refractivity contribution in [2.75, 3.05) is 36.5 Å². The molecule has 0 bridgehead atoms. The normalized spacial score (nSPS) is 17.6. The van der Waals surface area contributed by atoms with E-state index in [1.165, 1.54) is 0 Å². The molecular weight excluding hydrogens is 395 g/mol. The monoisotopic (exact) mass is 419 g/mol. The van der Waals surface area contributed by atoms with Crippen LogP contribution in [0.4, 0.5) is 30.2 Å². The Balaban J connectivity index is 1.46. The molecule has 0 spiro atoms. The summed E-state index contributed by atoms with van der Waals surface area (Å²) in [4.78, 5) is 14.0. The van der Waals surface area contributed by atoms with Crippen molar-refractivity contribution in [3.63, 3.8) is 0 Å². The van der Waals surface area contributed by atoms with Crippen molar-refractivity contribution in [1.82, 2.24) is 5.32 Å². The molecule has 1 fully saturated rings. The molecule has 0 atom stereocenters. The van der Waals surface area contributed by atoms with Gasteiger partial charge in [0.1, 0.15) is 12.4 Å². The molecular formula is C22H24F3N3O2. The first-order valence-corrected chi connectivity index (χ1v) is 10.1. The Hall–Kier alpha value is -2.90. The number of anilines is 3. The molecule has 4 rings (SSSR count). The van der Waals surface area contributed by atoms with Gasteiger partial charge < -0.3 is 20.3 Å². The number of carbonyl (C=O) groups excluding carboxylic acids is 1. The third kappa shape index (κ3) is 4.32. The summed E-state index contributed by atoms with van der Waals surface area (Å²) in [5, 5.41) is 6.11. The molecule has 2 N–H and O–H groups in total. The van der Waals surface area contributed by atoms with Crippen LogP contribution in [-0.2, 0) is 0 Å². The molecule has 160 valence electrons. The van der Waals surface area contributed by atoms with Crippen LogP contribution in [0.25, 0.3) is 0 Å². The number of nitrogens with one attached hydrogen (secondary N) is 2. The molecule has 1 amide bonds. The Morgan fingerprint density at radius 1 is 1.13 bits per heavy atom. The molecule has 2 aliphatic rings. The van der Waals surface area contributed by atoms with Crippen LogP contribution in [0.2, 0.25) is 0 Å². The third-order valence-electron chi connectivity index (χ3n) is 5.68. The number of carbonyl (C=O) groups is 1. The first kappa shape index (κ1) is 20.4. The third-order valence-corrected chi connectivity index (χ3v) is 5.68. The Morgan fingerprint density at radius 3 is 2.60 bits per heavy atom. The second-order valence-corrected chi connectivity index (χ2v) is 7.74. The van der Waals surface area contributed by atoms with Crippen LogP contribution in [-0.4, -0.2) is 38.3 Å². The van der Waals surface area contributed by atoms with Crippen molar-refractivity contribution in [1.29, 1.82) is 0 Å². The van der Waals surface area contributed by atoms with Gasteiger partial charge in [-0.05, 0) is 55.7 Å². The number of alkyl halides is 3. The minimum Gasteiger partial charge on any atom is -0.491 e. The largest absolute Gasteiger partial charge is 0.491 e. The van der Waals surface area contributed by atoms with E-state index in [1.807, 2.05) is 36.1 Å². The first-order valence-electron chi connectivity index (χ1n) is 10.1. The highest BCUT2D eigenvalue weighted by Crippen LogP contribution is 2.36. The molecule has 0 aromatic heterocycles. The molecule has 2 aliphatic heterocycles. The summed E-state index contributed by atoms with van der Waals surface area (Å²) in [5.74, 6) is -0.811. The number of amides is 1. The summed E-state index contributed by atoms with van der Waals surface area (Å²) in [5.41, 5.74) is 4.11. The van der Waals surface area contributed by atoms with E-state index in [4.69, 9.17) is 4.74 Å². The van der Waals surface area contributed by atoms with Crippen molar-refractivity contribution in [3.05, 3.63) is 47.5 Å². The Kier molecular flexibility index (Phi) is 5.49. The van der Waals surface area contributed by atoms with E-state index < -0.39 is 12.1 Å².